The molecule has 128 valence electrons. The molecule has 0 amide bonds. The van der Waals surface area contributed by atoms with E-state index in [0.717, 1.165) is 45.2 Å². The Morgan fingerprint density at radius 1 is 1.04 bits per heavy atom. The van der Waals surface area contributed by atoms with Gasteiger partial charge in [0, 0.05) is 22.4 Å². The van der Waals surface area contributed by atoms with Crippen molar-refractivity contribution in [3.8, 4) is 28.3 Å². The highest BCUT2D eigenvalue weighted by Gasteiger charge is 2.18. The zero-order valence-electron chi connectivity index (χ0n) is 14.4. The van der Waals surface area contributed by atoms with Crippen LogP contribution in [0.1, 0.15) is 17.0 Å². The van der Waals surface area contributed by atoms with Crippen molar-refractivity contribution >= 4 is 0 Å². The van der Waals surface area contributed by atoms with Gasteiger partial charge in [-0.3, -0.25) is 4.68 Å². The maximum atomic E-state index is 6.10. The fourth-order valence-electron chi connectivity index (χ4n) is 3.39. The Bertz CT molecular complexity index is 1080. The summed E-state index contributed by atoms with van der Waals surface area (Å²) >= 11 is 0. The molecule has 0 saturated heterocycles. The van der Waals surface area contributed by atoms with Gasteiger partial charge in [-0.05, 0) is 19.1 Å². The zero-order valence-corrected chi connectivity index (χ0v) is 14.4. The fourth-order valence-corrected chi connectivity index (χ4v) is 3.39. The zero-order chi connectivity index (χ0) is 17.5. The number of benzene rings is 2. The monoisotopic (exact) mass is 342 g/mol. The molecular weight excluding hydrogens is 324 g/mol. The van der Waals surface area contributed by atoms with Crippen LogP contribution in [-0.4, -0.2) is 19.7 Å². The van der Waals surface area contributed by atoms with Gasteiger partial charge in [0.2, 0.25) is 0 Å². The van der Waals surface area contributed by atoms with E-state index >= 15 is 0 Å². The fraction of sp³-hybridized carbons (Fsp3) is 0.143. The first-order chi connectivity index (χ1) is 12.8. The molecule has 0 saturated carbocycles. The molecule has 5 nitrogen and oxygen atoms in total. The Morgan fingerprint density at radius 2 is 1.92 bits per heavy atom. The minimum Gasteiger partial charge on any atom is -0.487 e. The molecule has 5 rings (SSSR count). The predicted octanol–water partition coefficient (Wildman–Crippen LogP) is 4.19. The molecule has 2 aromatic heterocycles. The molecule has 0 bridgehead atoms. The number of hydrogen-bond acceptors (Lipinski definition) is 3. The number of nitrogens with one attached hydrogen (secondary N) is 1. The summed E-state index contributed by atoms with van der Waals surface area (Å²) in [6, 6.07) is 18.6. The van der Waals surface area contributed by atoms with E-state index in [4.69, 9.17) is 9.84 Å². The normalized spacial score (nSPS) is 12.8. The van der Waals surface area contributed by atoms with Crippen LogP contribution >= 0.6 is 0 Å². The molecule has 0 unspecified atom stereocenters. The summed E-state index contributed by atoms with van der Waals surface area (Å²) in [6.45, 7) is 3.24. The number of rotatable bonds is 2. The van der Waals surface area contributed by atoms with E-state index < -0.39 is 0 Å². The van der Waals surface area contributed by atoms with Crippen LogP contribution in [0, 0.1) is 6.92 Å². The van der Waals surface area contributed by atoms with Crippen LogP contribution in [0.25, 0.3) is 22.5 Å². The highest BCUT2D eigenvalue weighted by atomic mass is 16.5. The molecule has 0 fully saturated rings. The lowest BCUT2D eigenvalue weighted by Crippen LogP contribution is -2.03. The Morgan fingerprint density at radius 3 is 2.73 bits per heavy atom. The van der Waals surface area contributed by atoms with Crippen LogP contribution in [-0.2, 0) is 13.2 Å². The minimum absolute atomic E-state index is 0.510. The van der Waals surface area contributed by atoms with Crippen molar-refractivity contribution in [2.75, 3.05) is 0 Å². The Balaban J connectivity index is 1.50. The minimum atomic E-state index is 0.510. The van der Waals surface area contributed by atoms with Gasteiger partial charge in [-0.1, -0.05) is 42.5 Å². The standard InChI is InChI=1S/C21H18N4O/c1-14-21(23-13-22-14)16-7-8-17-11-25-18(12-26-20(17)9-16)10-19(24-25)15-5-3-2-4-6-15/h2-10,13H,11-12H2,1H3,(H,22,23). The first kappa shape index (κ1) is 15.0. The molecule has 1 N–H and O–H groups in total. The summed E-state index contributed by atoms with van der Waals surface area (Å²) in [6.07, 6.45) is 1.72. The van der Waals surface area contributed by atoms with Gasteiger partial charge >= 0.3 is 0 Å². The maximum Gasteiger partial charge on any atom is 0.130 e. The third-order valence-corrected chi connectivity index (χ3v) is 4.80. The molecule has 26 heavy (non-hydrogen) atoms. The third kappa shape index (κ3) is 2.49. The van der Waals surface area contributed by atoms with Crippen molar-refractivity contribution in [3.63, 3.8) is 0 Å². The molecule has 2 aromatic carbocycles. The summed E-state index contributed by atoms with van der Waals surface area (Å²) in [7, 11) is 0. The maximum absolute atomic E-state index is 6.10. The number of imidazole rings is 1. The molecule has 3 heterocycles. The summed E-state index contributed by atoms with van der Waals surface area (Å²) < 4.78 is 8.14. The van der Waals surface area contributed by atoms with Crippen molar-refractivity contribution in [3.05, 3.63) is 77.9 Å². The van der Waals surface area contributed by atoms with Gasteiger partial charge in [-0.25, -0.2) is 4.98 Å². The molecule has 0 spiro atoms. The number of nitrogens with zero attached hydrogens (tertiary/aromatic N) is 3. The van der Waals surface area contributed by atoms with Crippen molar-refractivity contribution in [2.24, 2.45) is 0 Å². The van der Waals surface area contributed by atoms with E-state index in [9.17, 15) is 0 Å². The van der Waals surface area contributed by atoms with E-state index in [-0.39, 0.29) is 0 Å². The lowest BCUT2D eigenvalue weighted by atomic mass is 10.1. The van der Waals surface area contributed by atoms with Gasteiger partial charge in [0.15, 0.2) is 0 Å². The van der Waals surface area contributed by atoms with Crippen molar-refractivity contribution in [1.82, 2.24) is 19.7 Å². The van der Waals surface area contributed by atoms with E-state index in [2.05, 4.69) is 46.4 Å². The highest BCUT2D eigenvalue weighted by Crippen LogP contribution is 2.31. The molecule has 5 heteroatoms. The Kier molecular flexibility index (Phi) is 3.38. The van der Waals surface area contributed by atoms with Gasteiger partial charge in [0.25, 0.3) is 0 Å². The first-order valence-corrected chi connectivity index (χ1v) is 8.66. The summed E-state index contributed by atoms with van der Waals surface area (Å²) in [5.41, 5.74) is 7.39. The Labute approximate surface area is 151 Å². The molecule has 0 radical (unpaired) electrons. The van der Waals surface area contributed by atoms with Gasteiger partial charge in [0.05, 0.1) is 30.0 Å². The molecule has 0 aliphatic carbocycles. The second kappa shape index (κ2) is 5.88. The van der Waals surface area contributed by atoms with E-state index in [1.54, 1.807) is 6.33 Å². The SMILES string of the molecule is Cc1[nH]cnc1-c1ccc2c(c1)OCc1cc(-c3ccccc3)nn1C2. The number of H-pyrrole nitrogens is 1. The molecule has 0 atom stereocenters. The first-order valence-electron chi connectivity index (χ1n) is 8.66. The average molecular weight is 342 g/mol. The second-order valence-electron chi connectivity index (χ2n) is 6.53. The van der Waals surface area contributed by atoms with E-state index in [1.165, 1.54) is 0 Å². The van der Waals surface area contributed by atoms with Crippen molar-refractivity contribution in [1.29, 1.82) is 0 Å². The number of aromatic nitrogens is 4. The van der Waals surface area contributed by atoms with E-state index in [1.807, 2.05) is 29.8 Å². The second-order valence-corrected chi connectivity index (χ2v) is 6.53. The van der Waals surface area contributed by atoms with Gasteiger partial charge in [-0.2, -0.15) is 5.10 Å². The van der Waals surface area contributed by atoms with Crippen molar-refractivity contribution in [2.45, 2.75) is 20.1 Å². The summed E-state index contributed by atoms with van der Waals surface area (Å²) in [4.78, 5) is 7.53. The largest absolute Gasteiger partial charge is 0.487 e. The topological polar surface area (TPSA) is 55.7 Å². The number of hydrogen-bond donors (Lipinski definition) is 1. The number of aromatic amines is 1. The van der Waals surface area contributed by atoms with Crippen molar-refractivity contribution < 1.29 is 4.74 Å². The predicted molar refractivity (Wildman–Crippen MR) is 99.9 cm³/mol. The van der Waals surface area contributed by atoms with Crippen LogP contribution in [0.5, 0.6) is 5.75 Å². The van der Waals surface area contributed by atoms with Gasteiger partial charge in [0.1, 0.15) is 12.4 Å². The van der Waals surface area contributed by atoms with Crippen LogP contribution in [0.4, 0.5) is 0 Å². The quantitative estimate of drug-likeness (QED) is 0.594. The number of ether oxygens (including phenoxy) is 1. The van der Waals surface area contributed by atoms with Crippen LogP contribution in [0.3, 0.4) is 0 Å². The van der Waals surface area contributed by atoms with E-state index in [0.29, 0.717) is 13.2 Å². The summed E-state index contributed by atoms with van der Waals surface area (Å²) in [5, 5.41) is 4.79. The van der Waals surface area contributed by atoms with Crippen LogP contribution < -0.4 is 4.74 Å². The van der Waals surface area contributed by atoms with Crippen LogP contribution in [0.15, 0.2) is 60.9 Å². The Hall–Kier alpha value is -3.34. The average Bonchev–Trinajstić information content (AvgIpc) is 3.24. The lowest BCUT2D eigenvalue weighted by Gasteiger charge is -2.09. The number of aryl methyl sites for hydroxylation is 1. The third-order valence-electron chi connectivity index (χ3n) is 4.80. The molecule has 1 aliphatic heterocycles. The lowest BCUT2D eigenvalue weighted by molar-refractivity contribution is 0.302. The molecular formula is C21H18N4O. The highest BCUT2D eigenvalue weighted by molar-refractivity contribution is 5.65. The van der Waals surface area contributed by atoms with Gasteiger partial charge in [-0.15, -0.1) is 0 Å². The molecule has 4 aromatic rings. The van der Waals surface area contributed by atoms with Crippen LogP contribution in [0.2, 0.25) is 0 Å². The number of fused-ring (bicyclic) bond motifs is 2. The molecule has 1 aliphatic rings. The van der Waals surface area contributed by atoms with Gasteiger partial charge < -0.3 is 9.72 Å². The smallest absolute Gasteiger partial charge is 0.130 e. The summed E-state index contributed by atoms with van der Waals surface area (Å²) in [5.74, 6) is 0.900.